The van der Waals surface area contributed by atoms with Crippen LogP contribution in [-0.2, 0) is 4.74 Å². The van der Waals surface area contributed by atoms with Crippen LogP contribution in [0.25, 0.3) is 10.9 Å². The zero-order valence-corrected chi connectivity index (χ0v) is 15.0. The number of ketones is 1. The van der Waals surface area contributed by atoms with E-state index >= 15 is 0 Å². The van der Waals surface area contributed by atoms with E-state index in [1.807, 2.05) is 6.92 Å². The first-order valence-electron chi connectivity index (χ1n) is 8.59. The molecule has 0 spiro atoms. The third-order valence-electron chi connectivity index (χ3n) is 4.06. The molecule has 1 aromatic heterocycles. The van der Waals surface area contributed by atoms with Crippen molar-refractivity contribution in [1.82, 2.24) is 4.98 Å². The van der Waals surface area contributed by atoms with E-state index in [2.05, 4.69) is 4.98 Å². The highest BCUT2D eigenvalue weighted by atomic mass is 16.5. The third kappa shape index (κ3) is 4.06. The van der Waals surface area contributed by atoms with E-state index in [-0.39, 0.29) is 16.9 Å². The number of Topliss-reactive ketones (excluding diaryl/α,β-unsaturated/α-hetero) is 1. The Kier molecular flexibility index (Phi) is 5.35. The Hall–Kier alpha value is -3.41. The minimum Gasteiger partial charge on any atom is -0.494 e. The second-order valence-electron chi connectivity index (χ2n) is 5.96. The number of carbonyl (C=O) groups excluding carboxylic acids is 2. The second-order valence-corrected chi connectivity index (χ2v) is 5.96. The molecule has 0 radical (unpaired) electrons. The molecule has 0 bridgehead atoms. The van der Waals surface area contributed by atoms with Crippen molar-refractivity contribution in [3.63, 3.8) is 0 Å². The van der Waals surface area contributed by atoms with Crippen molar-refractivity contribution in [2.24, 2.45) is 0 Å². The molecule has 0 saturated carbocycles. The van der Waals surface area contributed by atoms with Gasteiger partial charge in [0.25, 0.3) is 0 Å². The molecule has 138 valence electrons. The van der Waals surface area contributed by atoms with Crippen LogP contribution in [0.15, 0.2) is 59.4 Å². The van der Waals surface area contributed by atoms with Crippen LogP contribution in [0, 0.1) is 0 Å². The summed E-state index contributed by atoms with van der Waals surface area (Å²) < 4.78 is 10.6. The molecule has 1 atom stereocenters. The first-order chi connectivity index (χ1) is 13.0. The van der Waals surface area contributed by atoms with Crippen LogP contribution in [-0.4, -0.2) is 29.4 Å². The van der Waals surface area contributed by atoms with Gasteiger partial charge in [-0.25, -0.2) is 4.79 Å². The number of rotatable bonds is 6. The lowest BCUT2D eigenvalue weighted by molar-refractivity contribution is 0.0313. The molecule has 0 amide bonds. The molecule has 6 heteroatoms. The number of hydrogen-bond donors (Lipinski definition) is 1. The number of nitrogens with one attached hydrogen (secondary N) is 1. The Bertz CT molecular complexity index is 1040. The molecule has 1 N–H and O–H groups in total. The summed E-state index contributed by atoms with van der Waals surface area (Å²) >= 11 is 0. The molecular weight excluding hydrogens is 346 g/mol. The van der Waals surface area contributed by atoms with E-state index in [1.54, 1.807) is 48.5 Å². The zero-order valence-electron chi connectivity index (χ0n) is 15.0. The predicted molar refractivity (Wildman–Crippen MR) is 101 cm³/mol. The fraction of sp³-hybridized carbons (Fsp3) is 0.190. The maximum absolute atomic E-state index is 12.5. The van der Waals surface area contributed by atoms with E-state index in [4.69, 9.17) is 9.47 Å². The monoisotopic (exact) mass is 365 g/mol. The molecule has 0 aliphatic carbocycles. The topological polar surface area (TPSA) is 85.5 Å². The Morgan fingerprint density at radius 3 is 2.48 bits per heavy atom. The fourth-order valence-corrected chi connectivity index (χ4v) is 2.70. The van der Waals surface area contributed by atoms with Crippen molar-refractivity contribution in [3.05, 3.63) is 76.1 Å². The normalized spacial score (nSPS) is 11.8. The maximum atomic E-state index is 12.5. The third-order valence-corrected chi connectivity index (χ3v) is 4.06. The van der Waals surface area contributed by atoms with Gasteiger partial charge in [0.05, 0.1) is 6.61 Å². The molecule has 27 heavy (non-hydrogen) atoms. The highest BCUT2D eigenvalue weighted by Gasteiger charge is 2.21. The van der Waals surface area contributed by atoms with Crippen LogP contribution in [0.1, 0.15) is 34.7 Å². The fourth-order valence-electron chi connectivity index (χ4n) is 2.70. The zero-order chi connectivity index (χ0) is 19.4. The van der Waals surface area contributed by atoms with Crippen LogP contribution >= 0.6 is 0 Å². The van der Waals surface area contributed by atoms with Gasteiger partial charge in [0.2, 0.25) is 5.78 Å². The number of carbonyl (C=O) groups is 2. The number of fused-ring (bicyclic) bond motifs is 1. The lowest BCUT2D eigenvalue weighted by Gasteiger charge is -2.13. The summed E-state index contributed by atoms with van der Waals surface area (Å²) in [6.45, 7) is 3.90. The van der Waals surface area contributed by atoms with Crippen LogP contribution < -0.4 is 10.2 Å². The van der Waals surface area contributed by atoms with Crippen molar-refractivity contribution >= 4 is 22.7 Å². The smallest absolute Gasteiger partial charge is 0.355 e. The molecule has 3 aromatic rings. The average molecular weight is 365 g/mol. The van der Waals surface area contributed by atoms with E-state index in [1.165, 1.54) is 13.0 Å². The number of esters is 1. The van der Waals surface area contributed by atoms with Crippen molar-refractivity contribution in [2.75, 3.05) is 6.61 Å². The second kappa shape index (κ2) is 7.86. The van der Waals surface area contributed by atoms with Crippen LogP contribution in [0.4, 0.5) is 0 Å². The Labute approximate surface area is 155 Å². The molecule has 0 aliphatic heterocycles. The first kappa shape index (κ1) is 18.4. The summed E-state index contributed by atoms with van der Waals surface area (Å²) in [4.78, 5) is 39.8. The summed E-state index contributed by atoms with van der Waals surface area (Å²) in [6, 6.07) is 14.7. The van der Waals surface area contributed by atoms with Crippen molar-refractivity contribution in [2.45, 2.75) is 20.0 Å². The van der Waals surface area contributed by atoms with Gasteiger partial charge >= 0.3 is 5.97 Å². The Balaban J connectivity index is 1.75. The van der Waals surface area contributed by atoms with Crippen LogP contribution in [0.2, 0.25) is 0 Å². The number of hydrogen-bond acceptors (Lipinski definition) is 5. The summed E-state index contributed by atoms with van der Waals surface area (Å²) in [5.74, 6) is -0.438. The average Bonchev–Trinajstić information content (AvgIpc) is 2.68. The van der Waals surface area contributed by atoms with E-state index in [9.17, 15) is 14.4 Å². The lowest BCUT2D eigenvalue weighted by atomic mass is 10.1. The molecular formula is C21H19NO5. The summed E-state index contributed by atoms with van der Waals surface area (Å²) in [6.07, 6.45) is -0.995. The number of pyridine rings is 1. The van der Waals surface area contributed by atoms with E-state index in [0.717, 1.165) is 0 Å². The van der Waals surface area contributed by atoms with Gasteiger partial charge in [-0.3, -0.25) is 9.59 Å². The van der Waals surface area contributed by atoms with Gasteiger partial charge in [-0.05, 0) is 50.2 Å². The SMILES string of the molecule is CCOc1ccc(C(=O)[C@H](C)OC(=O)c2cc(=O)c3ccccc3[nH]2)cc1. The summed E-state index contributed by atoms with van der Waals surface area (Å²) in [5.41, 5.74) is 0.653. The minimum atomic E-state index is -0.995. The molecule has 6 nitrogen and oxygen atoms in total. The lowest BCUT2D eigenvalue weighted by Crippen LogP contribution is -2.25. The molecule has 0 aliphatic rings. The summed E-state index contributed by atoms with van der Waals surface area (Å²) in [7, 11) is 0. The molecule has 3 rings (SSSR count). The highest BCUT2D eigenvalue weighted by molar-refractivity contribution is 6.01. The first-order valence-corrected chi connectivity index (χ1v) is 8.59. The number of benzene rings is 2. The molecule has 0 unspecified atom stereocenters. The number of H-pyrrole nitrogens is 1. The largest absolute Gasteiger partial charge is 0.494 e. The van der Waals surface area contributed by atoms with Crippen molar-refractivity contribution in [3.8, 4) is 5.75 Å². The van der Waals surface area contributed by atoms with Crippen molar-refractivity contribution in [1.29, 1.82) is 0 Å². The van der Waals surface area contributed by atoms with Gasteiger partial charge in [-0.1, -0.05) is 12.1 Å². The molecule has 2 aromatic carbocycles. The molecule has 0 fully saturated rings. The number of aromatic nitrogens is 1. The predicted octanol–water partition coefficient (Wildman–Crippen LogP) is 3.36. The number of aromatic amines is 1. The van der Waals surface area contributed by atoms with Gasteiger partial charge in [-0.15, -0.1) is 0 Å². The maximum Gasteiger partial charge on any atom is 0.355 e. The van der Waals surface area contributed by atoms with Gasteiger partial charge in [0, 0.05) is 22.5 Å². The highest BCUT2D eigenvalue weighted by Crippen LogP contribution is 2.15. The van der Waals surface area contributed by atoms with Crippen LogP contribution in [0.3, 0.4) is 0 Å². The van der Waals surface area contributed by atoms with Crippen molar-refractivity contribution < 1.29 is 19.1 Å². The number of ether oxygens (including phenoxy) is 2. The standard InChI is InChI=1S/C21H19NO5/c1-3-26-15-10-8-14(9-11-15)20(24)13(2)27-21(25)18-12-19(23)16-6-4-5-7-17(16)22-18/h4-13H,3H2,1-2H3,(H,22,23)/t13-/m0/s1. The van der Waals surface area contributed by atoms with Gasteiger partial charge < -0.3 is 14.5 Å². The Morgan fingerprint density at radius 2 is 1.78 bits per heavy atom. The minimum absolute atomic E-state index is 0.00467. The molecule has 0 saturated heterocycles. The molecule has 1 heterocycles. The quantitative estimate of drug-likeness (QED) is 0.535. The van der Waals surface area contributed by atoms with Crippen LogP contribution in [0.5, 0.6) is 5.75 Å². The van der Waals surface area contributed by atoms with Gasteiger partial charge in [-0.2, -0.15) is 0 Å². The number of para-hydroxylation sites is 1. The van der Waals surface area contributed by atoms with E-state index in [0.29, 0.717) is 28.8 Å². The van der Waals surface area contributed by atoms with Gasteiger partial charge in [0.15, 0.2) is 11.5 Å². The van der Waals surface area contributed by atoms with Gasteiger partial charge in [0.1, 0.15) is 11.4 Å². The Morgan fingerprint density at radius 1 is 1.07 bits per heavy atom. The summed E-state index contributed by atoms with van der Waals surface area (Å²) in [5, 5.41) is 0.479. The van der Waals surface area contributed by atoms with E-state index < -0.39 is 12.1 Å².